The first-order valence-corrected chi connectivity index (χ1v) is 8.81. The predicted octanol–water partition coefficient (Wildman–Crippen LogP) is 2.19. The minimum absolute atomic E-state index is 0. The van der Waals surface area contributed by atoms with Crippen LogP contribution in [-0.4, -0.2) is 58.4 Å². The molecule has 1 saturated heterocycles. The molecule has 7 nitrogen and oxygen atoms in total. The molecule has 27 heavy (non-hydrogen) atoms. The lowest BCUT2D eigenvalue weighted by molar-refractivity contribution is -0.133. The fourth-order valence-electron chi connectivity index (χ4n) is 3.69. The Bertz CT molecular complexity index is 809. The number of rotatable bonds is 4. The van der Waals surface area contributed by atoms with Gasteiger partial charge in [-0.2, -0.15) is 0 Å². The predicted molar refractivity (Wildman–Crippen MR) is 111 cm³/mol. The monoisotopic (exact) mass is 417 g/mol. The van der Waals surface area contributed by atoms with Crippen LogP contribution in [0.1, 0.15) is 30.2 Å². The Morgan fingerprint density at radius 1 is 1.33 bits per heavy atom. The molecule has 1 atom stereocenters. The van der Waals surface area contributed by atoms with Gasteiger partial charge in [0.1, 0.15) is 0 Å². The van der Waals surface area contributed by atoms with Gasteiger partial charge in [0.2, 0.25) is 11.8 Å². The molecule has 0 radical (unpaired) electrons. The van der Waals surface area contributed by atoms with E-state index in [-0.39, 0.29) is 36.8 Å². The highest BCUT2D eigenvalue weighted by molar-refractivity contribution is 5.86. The van der Waals surface area contributed by atoms with E-state index >= 15 is 0 Å². The van der Waals surface area contributed by atoms with Gasteiger partial charge >= 0.3 is 0 Å². The Kier molecular flexibility index (Phi) is 8.32. The van der Waals surface area contributed by atoms with E-state index in [1.165, 1.54) is 0 Å². The van der Waals surface area contributed by atoms with Gasteiger partial charge in [0.05, 0.1) is 12.5 Å². The Morgan fingerprint density at radius 2 is 2.04 bits per heavy atom. The van der Waals surface area contributed by atoms with E-state index in [4.69, 9.17) is 9.72 Å². The van der Waals surface area contributed by atoms with Gasteiger partial charge in [-0.25, -0.2) is 9.67 Å². The summed E-state index contributed by atoms with van der Waals surface area (Å²) in [5.41, 5.74) is 4.00. The lowest BCUT2D eigenvalue weighted by atomic mass is 9.99. The summed E-state index contributed by atoms with van der Waals surface area (Å²) in [5.74, 6) is 0.803. The summed E-state index contributed by atoms with van der Waals surface area (Å²) in [7, 11) is 3.49. The van der Waals surface area contributed by atoms with Crippen LogP contribution in [0.15, 0.2) is 0 Å². The maximum atomic E-state index is 12.6. The molecule has 1 aliphatic heterocycles. The number of piperazine rings is 1. The van der Waals surface area contributed by atoms with Crippen LogP contribution in [0.25, 0.3) is 11.0 Å². The molecule has 1 fully saturated rings. The van der Waals surface area contributed by atoms with Gasteiger partial charge in [-0.05, 0) is 38.3 Å². The standard InChI is InChI=1S/C18H27N5O2.2ClH/c1-11-10-19-8-9-23(11)15(24)7-6-14-12(2)16-17(20-13(14)3)22(4)21-18(16)25-5;;/h11,19H,6-10H2,1-5H3;2*1H/t11-;;/m1../s1. The van der Waals surface area contributed by atoms with Crippen molar-refractivity contribution < 1.29 is 9.53 Å². The third-order valence-corrected chi connectivity index (χ3v) is 5.13. The number of aryl methyl sites for hydroxylation is 3. The van der Waals surface area contributed by atoms with Crippen molar-refractivity contribution in [2.45, 2.75) is 39.7 Å². The molecule has 0 unspecified atom stereocenters. The number of ether oxygens (including phenoxy) is 1. The van der Waals surface area contributed by atoms with Gasteiger partial charge in [-0.3, -0.25) is 4.79 Å². The second-order valence-corrected chi connectivity index (χ2v) is 6.77. The minimum Gasteiger partial charge on any atom is -0.479 e. The molecule has 9 heteroatoms. The van der Waals surface area contributed by atoms with Gasteiger partial charge in [-0.1, -0.05) is 0 Å². The van der Waals surface area contributed by atoms with Crippen LogP contribution in [0, 0.1) is 13.8 Å². The number of hydrogen-bond donors (Lipinski definition) is 1. The van der Waals surface area contributed by atoms with Gasteiger partial charge in [0.25, 0.3) is 0 Å². The van der Waals surface area contributed by atoms with Crippen LogP contribution in [0.3, 0.4) is 0 Å². The molecule has 152 valence electrons. The summed E-state index contributed by atoms with van der Waals surface area (Å²) in [4.78, 5) is 19.3. The number of halogens is 2. The summed E-state index contributed by atoms with van der Waals surface area (Å²) in [6, 6.07) is 0.252. The molecule has 0 saturated carbocycles. The van der Waals surface area contributed by atoms with Crippen molar-refractivity contribution in [2.24, 2.45) is 7.05 Å². The molecule has 2 aromatic heterocycles. The molecule has 1 amide bonds. The van der Waals surface area contributed by atoms with Crippen LogP contribution < -0.4 is 10.1 Å². The Morgan fingerprint density at radius 3 is 2.67 bits per heavy atom. The van der Waals surface area contributed by atoms with E-state index in [2.05, 4.69) is 24.3 Å². The van der Waals surface area contributed by atoms with E-state index in [1.807, 2.05) is 18.9 Å². The smallest absolute Gasteiger partial charge is 0.242 e. The van der Waals surface area contributed by atoms with Crippen molar-refractivity contribution in [2.75, 3.05) is 26.7 Å². The Labute approximate surface area is 172 Å². The maximum Gasteiger partial charge on any atom is 0.242 e. The van der Waals surface area contributed by atoms with Crippen molar-refractivity contribution in [3.05, 3.63) is 16.8 Å². The van der Waals surface area contributed by atoms with Gasteiger partial charge in [0, 0.05) is 44.8 Å². The van der Waals surface area contributed by atoms with Crippen molar-refractivity contribution in [1.82, 2.24) is 25.0 Å². The average molecular weight is 418 g/mol. The zero-order valence-electron chi connectivity index (χ0n) is 16.5. The highest BCUT2D eigenvalue weighted by Crippen LogP contribution is 2.30. The molecule has 0 spiro atoms. The summed E-state index contributed by atoms with van der Waals surface area (Å²) in [5, 5.41) is 8.64. The second-order valence-electron chi connectivity index (χ2n) is 6.77. The summed E-state index contributed by atoms with van der Waals surface area (Å²) in [6.45, 7) is 8.67. The third kappa shape index (κ3) is 4.47. The fraction of sp³-hybridized carbons (Fsp3) is 0.611. The van der Waals surface area contributed by atoms with Gasteiger partial charge in [-0.15, -0.1) is 29.9 Å². The largest absolute Gasteiger partial charge is 0.479 e. The molecule has 1 N–H and O–H groups in total. The third-order valence-electron chi connectivity index (χ3n) is 5.13. The van der Waals surface area contributed by atoms with E-state index in [0.29, 0.717) is 18.7 Å². The number of amides is 1. The van der Waals surface area contributed by atoms with Gasteiger partial charge < -0.3 is 15.0 Å². The number of methoxy groups -OCH3 is 1. The number of carbonyl (C=O) groups is 1. The molecule has 0 aliphatic carbocycles. The Hall–Kier alpha value is -1.57. The molecule has 2 aromatic rings. The number of pyridine rings is 1. The van der Waals surface area contributed by atoms with Crippen molar-refractivity contribution in [1.29, 1.82) is 0 Å². The molecular weight excluding hydrogens is 389 g/mol. The first-order valence-electron chi connectivity index (χ1n) is 8.81. The number of carbonyl (C=O) groups excluding carboxylic acids is 1. The molecule has 3 heterocycles. The highest BCUT2D eigenvalue weighted by Gasteiger charge is 2.24. The van der Waals surface area contributed by atoms with Crippen LogP contribution in [0.5, 0.6) is 5.88 Å². The summed E-state index contributed by atoms with van der Waals surface area (Å²) in [6.07, 6.45) is 1.19. The highest BCUT2D eigenvalue weighted by atomic mass is 35.5. The topological polar surface area (TPSA) is 72.3 Å². The molecule has 3 rings (SSSR count). The number of fused-ring (bicyclic) bond motifs is 1. The first kappa shape index (κ1) is 23.5. The molecule has 1 aliphatic rings. The van der Waals surface area contributed by atoms with Crippen molar-refractivity contribution >= 4 is 41.8 Å². The normalized spacial score (nSPS) is 16.6. The minimum atomic E-state index is 0. The zero-order valence-corrected chi connectivity index (χ0v) is 18.2. The summed E-state index contributed by atoms with van der Waals surface area (Å²) >= 11 is 0. The maximum absolute atomic E-state index is 12.6. The molecule has 0 bridgehead atoms. The summed E-state index contributed by atoms with van der Waals surface area (Å²) < 4.78 is 7.15. The number of aromatic nitrogens is 3. The van der Waals surface area contributed by atoms with Crippen molar-refractivity contribution in [3.63, 3.8) is 0 Å². The lowest BCUT2D eigenvalue weighted by Crippen LogP contribution is -2.52. The SMILES string of the molecule is COc1nn(C)c2nc(C)c(CCC(=O)N3CCNC[C@H]3C)c(C)c12.Cl.Cl. The number of nitrogens with zero attached hydrogens (tertiary/aromatic N) is 4. The average Bonchev–Trinajstić information content (AvgIpc) is 2.91. The van der Waals surface area contributed by atoms with E-state index in [0.717, 1.165) is 47.5 Å². The lowest BCUT2D eigenvalue weighted by Gasteiger charge is -2.34. The van der Waals surface area contributed by atoms with Gasteiger partial charge in [0.15, 0.2) is 5.65 Å². The first-order chi connectivity index (χ1) is 11.9. The quantitative estimate of drug-likeness (QED) is 0.824. The van der Waals surface area contributed by atoms with E-state index in [9.17, 15) is 4.79 Å². The number of hydrogen-bond acceptors (Lipinski definition) is 5. The molecule has 0 aromatic carbocycles. The van der Waals surface area contributed by atoms with E-state index < -0.39 is 0 Å². The second kappa shape index (κ2) is 9.57. The Balaban J connectivity index is 0.00000182. The van der Waals surface area contributed by atoms with Crippen LogP contribution >= 0.6 is 24.8 Å². The van der Waals surface area contributed by atoms with Crippen LogP contribution in [-0.2, 0) is 18.3 Å². The van der Waals surface area contributed by atoms with Crippen LogP contribution in [0.2, 0.25) is 0 Å². The van der Waals surface area contributed by atoms with Crippen LogP contribution in [0.4, 0.5) is 0 Å². The zero-order chi connectivity index (χ0) is 18.1. The van der Waals surface area contributed by atoms with E-state index in [1.54, 1.807) is 11.8 Å². The van der Waals surface area contributed by atoms with Crippen molar-refractivity contribution in [3.8, 4) is 5.88 Å². The number of nitrogens with one attached hydrogen (secondary N) is 1. The fourth-order valence-corrected chi connectivity index (χ4v) is 3.69. The molecular formula is C18H29Cl2N5O2.